The molecule has 2 aromatic heterocycles. The molecule has 3 aliphatic rings. The first kappa shape index (κ1) is 27.5. The summed E-state index contributed by atoms with van der Waals surface area (Å²) in [4.78, 5) is 35.5. The second-order valence-corrected chi connectivity index (χ2v) is 11.0. The van der Waals surface area contributed by atoms with E-state index in [1.165, 1.54) is 12.4 Å². The Bertz CT molecular complexity index is 1830. The molecule has 1 unspecified atom stereocenters. The number of hydrogen-bond donors (Lipinski definition) is 0. The smallest absolute Gasteiger partial charge is 0.255 e. The van der Waals surface area contributed by atoms with Gasteiger partial charge in [-0.25, -0.2) is 0 Å². The number of carbonyl (C=O) groups excluding carboxylic acids is 2. The molecule has 0 aliphatic carbocycles. The van der Waals surface area contributed by atoms with Gasteiger partial charge in [0, 0.05) is 30.2 Å². The summed E-state index contributed by atoms with van der Waals surface area (Å²) in [6.45, 7) is 2.24. The number of rotatable bonds is 2. The fourth-order valence-electron chi connectivity index (χ4n) is 6.05. The molecule has 0 fully saturated rings. The van der Waals surface area contributed by atoms with Gasteiger partial charge in [-0.1, -0.05) is 24.3 Å². The molecule has 0 spiro atoms. The summed E-state index contributed by atoms with van der Waals surface area (Å²) in [6.07, 6.45) is 6.09. The number of carbonyl (C=O) groups is 2. The van der Waals surface area contributed by atoms with Crippen molar-refractivity contribution in [3.05, 3.63) is 125 Å². The number of pyridine rings is 1. The van der Waals surface area contributed by atoms with Gasteiger partial charge in [0.25, 0.3) is 11.8 Å². The van der Waals surface area contributed by atoms with Crippen molar-refractivity contribution in [2.24, 2.45) is 0 Å². The van der Waals surface area contributed by atoms with Crippen LogP contribution in [0.5, 0.6) is 11.5 Å². The van der Waals surface area contributed by atoms with Crippen LogP contribution in [-0.2, 0) is 6.42 Å². The minimum Gasteiger partial charge on any atom is -0.494 e. The largest absolute Gasteiger partial charge is 0.494 e. The number of hydrogen-bond acceptors (Lipinski definition) is 7. The van der Waals surface area contributed by atoms with Crippen LogP contribution >= 0.6 is 0 Å². The van der Waals surface area contributed by atoms with E-state index >= 15 is 0 Å². The molecule has 220 valence electrons. The van der Waals surface area contributed by atoms with Gasteiger partial charge in [-0.05, 0) is 84.1 Å². The molecule has 3 aliphatic heterocycles. The minimum atomic E-state index is -0.288. The number of nitrogens with zero attached hydrogens (tertiary/aromatic N) is 5. The molecule has 0 radical (unpaired) electrons. The van der Waals surface area contributed by atoms with Crippen molar-refractivity contribution in [1.29, 1.82) is 0 Å². The Morgan fingerprint density at radius 1 is 0.750 bits per heavy atom. The van der Waals surface area contributed by atoms with E-state index < -0.39 is 0 Å². The molecule has 5 aromatic rings. The van der Waals surface area contributed by atoms with E-state index in [0.717, 1.165) is 39.1 Å². The van der Waals surface area contributed by atoms with Crippen LogP contribution in [0, 0.1) is 0 Å². The molecular weight excluding hydrogens is 554 g/mol. The number of benzene rings is 3. The third-order valence-electron chi connectivity index (χ3n) is 8.22. The van der Waals surface area contributed by atoms with Gasteiger partial charge in [-0.15, -0.1) is 0 Å². The average molecular weight is 586 g/mol. The lowest BCUT2D eigenvalue weighted by atomic mass is 9.87. The van der Waals surface area contributed by atoms with Crippen LogP contribution in [0.2, 0.25) is 0 Å². The highest BCUT2D eigenvalue weighted by Crippen LogP contribution is 2.39. The molecule has 0 saturated heterocycles. The van der Waals surface area contributed by atoms with Gasteiger partial charge < -0.3 is 19.3 Å². The predicted molar refractivity (Wildman–Crippen MR) is 165 cm³/mol. The van der Waals surface area contributed by atoms with Crippen molar-refractivity contribution in [3.63, 3.8) is 0 Å². The first-order chi connectivity index (χ1) is 21.6. The van der Waals surface area contributed by atoms with Gasteiger partial charge in [0.05, 0.1) is 42.7 Å². The highest BCUT2D eigenvalue weighted by atomic mass is 16.5. The highest BCUT2D eigenvalue weighted by molar-refractivity contribution is 5.98. The lowest BCUT2D eigenvalue weighted by molar-refractivity contribution is 0.0689. The molecule has 44 heavy (non-hydrogen) atoms. The fraction of sp³-hybridized carbons (Fsp3) is 0.229. The summed E-state index contributed by atoms with van der Waals surface area (Å²) < 4.78 is 12.3. The van der Waals surface area contributed by atoms with Gasteiger partial charge in [0.15, 0.2) is 0 Å². The Morgan fingerprint density at radius 3 is 2.57 bits per heavy atom. The van der Waals surface area contributed by atoms with E-state index in [9.17, 15) is 9.59 Å². The van der Waals surface area contributed by atoms with E-state index in [1.807, 2.05) is 65.6 Å². The third-order valence-corrected chi connectivity index (χ3v) is 8.22. The van der Waals surface area contributed by atoms with Crippen molar-refractivity contribution in [1.82, 2.24) is 25.0 Å². The Balaban J connectivity index is 1.21. The second-order valence-electron chi connectivity index (χ2n) is 11.0. The van der Waals surface area contributed by atoms with Gasteiger partial charge in [0.2, 0.25) is 0 Å². The Labute approximate surface area is 255 Å². The highest BCUT2D eigenvalue weighted by Gasteiger charge is 2.33. The van der Waals surface area contributed by atoms with Gasteiger partial charge in [-0.3, -0.25) is 14.6 Å². The van der Waals surface area contributed by atoms with Crippen LogP contribution in [0.15, 0.2) is 97.5 Å². The molecule has 3 aromatic carbocycles. The van der Waals surface area contributed by atoms with Crippen LogP contribution < -0.4 is 9.47 Å². The zero-order valence-corrected chi connectivity index (χ0v) is 24.1. The van der Waals surface area contributed by atoms with E-state index in [4.69, 9.17) is 9.47 Å². The maximum absolute atomic E-state index is 14.1. The molecule has 1 atom stereocenters. The van der Waals surface area contributed by atoms with Gasteiger partial charge in [-0.2, -0.15) is 10.2 Å². The summed E-state index contributed by atoms with van der Waals surface area (Å²) in [5, 5.41) is 8.58. The number of fused-ring (bicyclic) bond motifs is 9. The summed E-state index contributed by atoms with van der Waals surface area (Å²) in [7, 11) is 0. The lowest BCUT2D eigenvalue weighted by Crippen LogP contribution is -2.40. The van der Waals surface area contributed by atoms with Crippen LogP contribution in [-0.4, -0.2) is 69.6 Å². The molecular formula is C35H31N5O4. The maximum atomic E-state index is 14.1. The van der Waals surface area contributed by atoms with E-state index in [2.05, 4.69) is 27.3 Å². The minimum absolute atomic E-state index is 0.0263. The van der Waals surface area contributed by atoms with Crippen LogP contribution in [0.25, 0.3) is 10.9 Å². The van der Waals surface area contributed by atoms with Crippen molar-refractivity contribution in [2.45, 2.75) is 18.9 Å². The molecule has 0 saturated carbocycles. The van der Waals surface area contributed by atoms with Crippen LogP contribution in [0.1, 0.15) is 49.9 Å². The summed E-state index contributed by atoms with van der Waals surface area (Å²) in [6, 6.07) is 25.0. The van der Waals surface area contributed by atoms with Gasteiger partial charge >= 0.3 is 0 Å². The summed E-state index contributed by atoms with van der Waals surface area (Å²) in [5.74, 6) is 1.32. The monoisotopic (exact) mass is 585 g/mol. The zero-order chi connectivity index (χ0) is 29.9. The maximum Gasteiger partial charge on any atom is 0.255 e. The van der Waals surface area contributed by atoms with Crippen molar-refractivity contribution < 1.29 is 19.1 Å². The summed E-state index contributed by atoms with van der Waals surface area (Å²) in [5.41, 5.74) is 5.15. The molecule has 8 rings (SSSR count). The van der Waals surface area contributed by atoms with Crippen molar-refractivity contribution in [3.8, 4) is 11.5 Å². The standard InChI is InChI=1S/C35H31N5O4/c41-34(28-11-14-37-38-23-28)39-15-3-18-43-29-6-1-4-26(22-29)33-31-9-8-30(44-19-17-39)21-24(31)12-16-40(33)35(42)27-7-10-32-25(20-27)5-2-13-36-32/h1-2,4-11,13-14,20-23,33H,3,12,15-19H2. The van der Waals surface area contributed by atoms with Crippen LogP contribution in [0.4, 0.5) is 0 Å². The molecule has 9 heteroatoms. The molecule has 2 amide bonds. The topological polar surface area (TPSA) is 97.8 Å². The Hall–Kier alpha value is -5.31. The second kappa shape index (κ2) is 12.1. The van der Waals surface area contributed by atoms with Crippen molar-refractivity contribution in [2.75, 3.05) is 32.8 Å². The SMILES string of the molecule is O=C(c1ccnnc1)N1CCCOc2cccc(c2)C2c3ccc(cc3CCN2C(=O)c2ccc3ncccc3c2)OCC1. The number of amides is 2. The third kappa shape index (κ3) is 5.56. The van der Waals surface area contributed by atoms with Crippen molar-refractivity contribution >= 4 is 22.7 Å². The molecule has 9 nitrogen and oxygen atoms in total. The van der Waals surface area contributed by atoms with Gasteiger partial charge in [0.1, 0.15) is 18.1 Å². The summed E-state index contributed by atoms with van der Waals surface area (Å²) >= 11 is 0. The normalized spacial score (nSPS) is 16.7. The van der Waals surface area contributed by atoms with Crippen LogP contribution in [0.3, 0.4) is 0 Å². The van der Waals surface area contributed by atoms with E-state index in [1.54, 1.807) is 17.2 Å². The zero-order valence-electron chi connectivity index (χ0n) is 24.1. The van der Waals surface area contributed by atoms with E-state index in [0.29, 0.717) is 56.8 Å². The number of aromatic nitrogens is 3. The number of ether oxygens (including phenoxy) is 2. The van der Waals surface area contributed by atoms with E-state index in [-0.39, 0.29) is 17.9 Å². The Kier molecular flexibility index (Phi) is 7.58. The quantitative estimate of drug-likeness (QED) is 0.284. The average Bonchev–Trinajstić information content (AvgIpc) is 3.08. The first-order valence-corrected chi connectivity index (χ1v) is 14.8. The fourth-order valence-corrected chi connectivity index (χ4v) is 6.05. The molecule has 0 N–H and O–H groups in total. The molecule has 6 bridgehead atoms. The first-order valence-electron chi connectivity index (χ1n) is 14.8. The molecule has 5 heterocycles. The Morgan fingerprint density at radius 2 is 1.66 bits per heavy atom. The lowest BCUT2D eigenvalue weighted by Gasteiger charge is -2.38. The predicted octanol–water partition coefficient (Wildman–Crippen LogP) is 5.12.